The van der Waals surface area contributed by atoms with E-state index in [0.717, 1.165) is 10.6 Å². The molecule has 0 N–H and O–H groups in total. The number of anilines is 1. The molecule has 2 fully saturated rings. The molecule has 0 aromatic carbocycles. The number of aryl methyl sites for hydroxylation is 1. The van der Waals surface area contributed by atoms with Crippen LogP contribution in [0.1, 0.15) is 18.5 Å². The topological polar surface area (TPSA) is 62.7 Å². The van der Waals surface area contributed by atoms with Gasteiger partial charge >= 0.3 is 0 Å². The van der Waals surface area contributed by atoms with Gasteiger partial charge in [0.2, 0.25) is 11.8 Å². The number of alkyl halides is 2. The maximum atomic E-state index is 14.3. The van der Waals surface area contributed by atoms with E-state index in [-0.39, 0.29) is 25.5 Å². The zero-order valence-corrected chi connectivity index (χ0v) is 14.3. The quantitative estimate of drug-likeness (QED) is 0.829. The van der Waals surface area contributed by atoms with Gasteiger partial charge in [0.05, 0.1) is 23.8 Å². The van der Waals surface area contributed by atoms with Gasteiger partial charge in [-0.2, -0.15) is 0 Å². The molecule has 0 bridgehead atoms. The summed E-state index contributed by atoms with van der Waals surface area (Å²) in [5.41, 5.74) is 0.150. The summed E-state index contributed by atoms with van der Waals surface area (Å²) in [5, 5.41) is 0. The highest BCUT2D eigenvalue weighted by Gasteiger charge is 2.57. The van der Waals surface area contributed by atoms with Crippen molar-refractivity contribution in [2.75, 3.05) is 38.3 Å². The van der Waals surface area contributed by atoms with Crippen molar-refractivity contribution in [3.63, 3.8) is 0 Å². The summed E-state index contributed by atoms with van der Waals surface area (Å²) in [6.45, 7) is 1.23. The average Bonchev–Trinajstić information content (AvgIpc) is 2.83. The molecule has 1 aromatic heterocycles. The molecule has 6 nitrogen and oxygen atoms in total. The van der Waals surface area contributed by atoms with Crippen LogP contribution in [0.5, 0.6) is 0 Å². The minimum Gasteiger partial charge on any atom is -0.375 e. The standard InChI is InChI=1S/C17H21F2N3O3/c1-12-3-4-13(7-20-12)22-6-5-16(15(22)24)9-17(18,19)11-21(10-16)14(23)8-25-2/h3-4,7H,5-6,8-11H2,1-2H3. The maximum absolute atomic E-state index is 14.3. The second kappa shape index (κ2) is 6.33. The Kier molecular flexibility index (Phi) is 4.49. The monoisotopic (exact) mass is 353 g/mol. The number of rotatable bonds is 3. The molecule has 2 amide bonds. The summed E-state index contributed by atoms with van der Waals surface area (Å²) >= 11 is 0. The van der Waals surface area contributed by atoms with E-state index in [9.17, 15) is 18.4 Å². The molecule has 8 heteroatoms. The Morgan fingerprint density at radius 3 is 2.76 bits per heavy atom. The number of ether oxygens (including phenoxy) is 1. The summed E-state index contributed by atoms with van der Waals surface area (Å²) < 4.78 is 33.3. The van der Waals surface area contributed by atoms with Crippen LogP contribution in [0.25, 0.3) is 0 Å². The van der Waals surface area contributed by atoms with Crippen LogP contribution in [0.2, 0.25) is 0 Å². The van der Waals surface area contributed by atoms with Crippen molar-refractivity contribution in [2.45, 2.75) is 25.7 Å². The summed E-state index contributed by atoms with van der Waals surface area (Å²) in [6.07, 6.45) is 1.32. The molecule has 3 heterocycles. The van der Waals surface area contributed by atoms with Crippen LogP contribution in [0.3, 0.4) is 0 Å². The largest absolute Gasteiger partial charge is 0.375 e. The lowest BCUT2D eigenvalue weighted by Gasteiger charge is -2.42. The molecule has 25 heavy (non-hydrogen) atoms. The van der Waals surface area contributed by atoms with Crippen LogP contribution in [0, 0.1) is 12.3 Å². The number of halogens is 2. The van der Waals surface area contributed by atoms with E-state index in [4.69, 9.17) is 4.74 Å². The summed E-state index contributed by atoms with van der Waals surface area (Å²) in [7, 11) is 1.34. The molecule has 1 unspecified atom stereocenters. The van der Waals surface area contributed by atoms with Crippen molar-refractivity contribution in [1.82, 2.24) is 9.88 Å². The first-order chi connectivity index (χ1) is 11.8. The number of likely N-dealkylation sites (tertiary alicyclic amines) is 1. The van der Waals surface area contributed by atoms with Gasteiger partial charge in [0.25, 0.3) is 5.92 Å². The number of methoxy groups -OCH3 is 1. The molecule has 1 atom stereocenters. The number of nitrogens with zero attached hydrogens (tertiary/aromatic N) is 3. The fraction of sp³-hybridized carbons (Fsp3) is 0.588. The highest BCUT2D eigenvalue weighted by Crippen LogP contribution is 2.46. The zero-order valence-electron chi connectivity index (χ0n) is 14.3. The molecular formula is C17H21F2N3O3. The van der Waals surface area contributed by atoms with Crippen molar-refractivity contribution >= 4 is 17.5 Å². The third-order valence-corrected chi connectivity index (χ3v) is 4.85. The Balaban J connectivity index is 1.86. The van der Waals surface area contributed by atoms with Gasteiger partial charge < -0.3 is 14.5 Å². The van der Waals surface area contributed by atoms with E-state index < -0.39 is 30.2 Å². The van der Waals surface area contributed by atoms with Gasteiger partial charge in [-0.15, -0.1) is 0 Å². The summed E-state index contributed by atoms with van der Waals surface area (Å²) in [6, 6.07) is 3.53. The molecule has 2 aliphatic rings. The highest BCUT2D eigenvalue weighted by molar-refractivity contribution is 6.00. The van der Waals surface area contributed by atoms with E-state index in [0.29, 0.717) is 12.2 Å². The van der Waals surface area contributed by atoms with Crippen LogP contribution in [-0.2, 0) is 14.3 Å². The van der Waals surface area contributed by atoms with Crippen molar-refractivity contribution in [3.05, 3.63) is 24.0 Å². The molecule has 3 rings (SSSR count). The lowest BCUT2D eigenvalue weighted by Crippen LogP contribution is -2.57. The predicted octanol–water partition coefficient (Wildman–Crippen LogP) is 1.63. The van der Waals surface area contributed by atoms with Gasteiger partial charge in [0.15, 0.2) is 0 Å². The summed E-state index contributed by atoms with van der Waals surface area (Å²) in [5.74, 6) is -3.99. The van der Waals surface area contributed by atoms with Crippen LogP contribution < -0.4 is 4.90 Å². The number of carbonyl (C=O) groups is 2. The minimum absolute atomic E-state index is 0.000589. The first kappa shape index (κ1) is 17.7. The molecule has 0 aliphatic carbocycles. The number of carbonyl (C=O) groups excluding carboxylic acids is 2. The number of aromatic nitrogens is 1. The van der Waals surface area contributed by atoms with Crippen LogP contribution in [0.4, 0.5) is 14.5 Å². The van der Waals surface area contributed by atoms with Crippen molar-refractivity contribution in [2.24, 2.45) is 5.41 Å². The van der Waals surface area contributed by atoms with Crippen molar-refractivity contribution in [1.29, 1.82) is 0 Å². The van der Waals surface area contributed by atoms with Crippen LogP contribution in [0.15, 0.2) is 18.3 Å². The van der Waals surface area contributed by atoms with E-state index in [1.54, 1.807) is 18.3 Å². The second-order valence-corrected chi connectivity index (χ2v) is 6.86. The lowest BCUT2D eigenvalue weighted by molar-refractivity contribution is -0.161. The molecule has 1 spiro atoms. The number of piperidine rings is 1. The number of hydrogen-bond donors (Lipinski definition) is 0. The van der Waals surface area contributed by atoms with Crippen molar-refractivity contribution in [3.8, 4) is 0 Å². The zero-order chi connectivity index (χ0) is 18.2. The van der Waals surface area contributed by atoms with Gasteiger partial charge in [0, 0.05) is 32.3 Å². The predicted molar refractivity (Wildman–Crippen MR) is 86.4 cm³/mol. The molecule has 0 saturated carbocycles. The van der Waals surface area contributed by atoms with E-state index in [1.807, 2.05) is 6.92 Å². The van der Waals surface area contributed by atoms with E-state index in [2.05, 4.69) is 4.98 Å². The fourth-order valence-corrected chi connectivity index (χ4v) is 3.70. The van der Waals surface area contributed by atoms with E-state index in [1.165, 1.54) is 12.0 Å². The van der Waals surface area contributed by atoms with Gasteiger partial charge in [-0.25, -0.2) is 8.78 Å². The normalized spacial score (nSPS) is 25.7. The number of hydrogen-bond acceptors (Lipinski definition) is 4. The van der Waals surface area contributed by atoms with E-state index >= 15 is 0 Å². The Hall–Kier alpha value is -2.09. The SMILES string of the molecule is COCC(=O)N1CC(F)(F)CC2(CCN(c3ccc(C)nc3)C2=O)C1. The fourth-order valence-electron chi connectivity index (χ4n) is 3.70. The Morgan fingerprint density at radius 1 is 1.36 bits per heavy atom. The average molecular weight is 353 g/mol. The number of pyridine rings is 1. The second-order valence-electron chi connectivity index (χ2n) is 6.86. The van der Waals surface area contributed by atoms with Gasteiger partial charge in [-0.3, -0.25) is 14.6 Å². The molecule has 2 saturated heterocycles. The van der Waals surface area contributed by atoms with Gasteiger partial charge in [0.1, 0.15) is 6.61 Å². The van der Waals surface area contributed by atoms with Crippen molar-refractivity contribution < 1.29 is 23.1 Å². The summed E-state index contributed by atoms with van der Waals surface area (Å²) in [4.78, 5) is 31.7. The highest BCUT2D eigenvalue weighted by atomic mass is 19.3. The first-order valence-electron chi connectivity index (χ1n) is 8.16. The Labute approximate surface area is 144 Å². The smallest absolute Gasteiger partial charge is 0.266 e. The van der Waals surface area contributed by atoms with Gasteiger partial charge in [-0.05, 0) is 25.5 Å². The molecule has 136 valence electrons. The molecule has 0 radical (unpaired) electrons. The number of amides is 2. The molecular weight excluding hydrogens is 332 g/mol. The Morgan fingerprint density at radius 2 is 2.12 bits per heavy atom. The third-order valence-electron chi connectivity index (χ3n) is 4.85. The molecule has 2 aliphatic heterocycles. The van der Waals surface area contributed by atoms with Gasteiger partial charge in [-0.1, -0.05) is 0 Å². The lowest BCUT2D eigenvalue weighted by atomic mass is 9.77. The minimum atomic E-state index is -3.10. The van der Waals surface area contributed by atoms with Crippen LogP contribution >= 0.6 is 0 Å². The first-order valence-corrected chi connectivity index (χ1v) is 8.16. The third kappa shape index (κ3) is 3.35. The Bertz CT molecular complexity index is 680. The maximum Gasteiger partial charge on any atom is 0.266 e. The molecule has 1 aromatic rings. The van der Waals surface area contributed by atoms with Crippen LogP contribution in [-0.4, -0.2) is 61.0 Å².